The van der Waals surface area contributed by atoms with Crippen LogP contribution in [0.1, 0.15) is 38.6 Å². The molecule has 35 heavy (non-hydrogen) atoms. The molecule has 0 saturated carbocycles. The van der Waals surface area contributed by atoms with Crippen LogP contribution in [0.2, 0.25) is 0 Å². The first kappa shape index (κ1) is 22.2. The van der Waals surface area contributed by atoms with Crippen molar-refractivity contribution in [3.05, 3.63) is 30.4 Å². The number of fused-ring (bicyclic) bond motifs is 2. The van der Waals surface area contributed by atoms with Crippen molar-refractivity contribution in [1.29, 1.82) is 0 Å². The molecule has 6 heterocycles. The van der Waals surface area contributed by atoms with Gasteiger partial charge in [-0.05, 0) is 45.7 Å². The summed E-state index contributed by atoms with van der Waals surface area (Å²) in [6.45, 7) is 10.3. The van der Waals surface area contributed by atoms with Crippen molar-refractivity contribution < 1.29 is 4.74 Å². The highest BCUT2D eigenvalue weighted by atomic mass is 16.5. The average Bonchev–Trinajstić information content (AvgIpc) is 3.38. The predicted molar refractivity (Wildman–Crippen MR) is 137 cm³/mol. The predicted octanol–water partition coefficient (Wildman–Crippen LogP) is 3.35. The first-order valence-electron chi connectivity index (χ1n) is 12.5. The Labute approximate surface area is 204 Å². The van der Waals surface area contributed by atoms with Crippen molar-refractivity contribution in [3.63, 3.8) is 0 Å². The fourth-order valence-corrected chi connectivity index (χ4v) is 5.41. The van der Waals surface area contributed by atoms with E-state index in [-0.39, 0.29) is 0 Å². The van der Waals surface area contributed by atoms with Crippen LogP contribution < -0.4 is 10.6 Å². The second kappa shape index (κ2) is 8.76. The van der Waals surface area contributed by atoms with Gasteiger partial charge in [0.25, 0.3) is 0 Å². The molecule has 0 unspecified atom stereocenters. The van der Waals surface area contributed by atoms with Crippen LogP contribution >= 0.6 is 0 Å². The molecular weight excluding hydrogens is 442 g/mol. The van der Waals surface area contributed by atoms with Crippen LogP contribution in [0.15, 0.2) is 24.5 Å². The Kier molecular flexibility index (Phi) is 5.57. The van der Waals surface area contributed by atoms with E-state index in [1.165, 1.54) is 0 Å². The van der Waals surface area contributed by atoms with Gasteiger partial charge in [-0.1, -0.05) is 0 Å². The van der Waals surface area contributed by atoms with E-state index in [0.717, 1.165) is 78.6 Å². The van der Waals surface area contributed by atoms with Gasteiger partial charge >= 0.3 is 0 Å². The average molecular weight is 476 g/mol. The highest BCUT2D eigenvalue weighted by molar-refractivity contribution is 5.91. The minimum Gasteiger partial charge on any atom is -0.378 e. The third kappa shape index (κ3) is 3.90. The largest absolute Gasteiger partial charge is 0.378 e. The van der Waals surface area contributed by atoms with Gasteiger partial charge in [0.05, 0.1) is 24.8 Å². The fraction of sp³-hybridized carbons (Fsp3) is 0.520. The van der Waals surface area contributed by atoms with Gasteiger partial charge in [0.15, 0.2) is 11.5 Å². The lowest BCUT2D eigenvalue weighted by molar-refractivity contribution is -0.0705. The minimum absolute atomic E-state index is 0.307. The highest BCUT2D eigenvalue weighted by Gasteiger charge is 2.30. The van der Waals surface area contributed by atoms with Crippen molar-refractivity contribution in [1.82, 2.24) is 34.0 Å². The third-order valence-corrected chi connectivity index (χ3v) is 7.30. The molecule has 6 rings (SSSR count). The van der Waals surface area contributed by atoms with E-state index in [1.54, 1.807) is 0 Å². The second-order valence-electron chi connectivity index (χ2n) is 9.89. The molecule has 2 fully saturated rings. The molecule has 0 aliphatic carbocycles. The standard InChI is InChI=1S/C25H33N9O/c1-15(2)34-16(3)28-23-21(34)11-17(12-27-23)20-7-10-33-22(20)24(26-4)30-25(31-33)29-18-5-8-32(9-6-18)19-13-35-14-19/h7,10-12,15,18-19H,5-6,8-9,13-14H2,1-4H3,(H2,26,29,30,31). The number of imidazole rings is 1. The molecule has 4 aromatic heterocycles. The van der Waals surface area contributed by atoms with Crippen molar-refractivity contribution in [3.8, 4) is 11.1 Å². The Morgan fingerprint density at radius 2 is 1.94 bits per heavy atom. The second-order valence-corrected chi connectivity index (χ2v) is 9.89. The Morgan fingerprint density at radius 3 is 2.63 bits per heavy atom. The van der Waals surface area contributed by atoms with E-state index < -0.39 is 0 Å². The van der Waals surface area contributed by atoms with Crippen LogP contribution in [-0.2, 0) is 4.74 Å². The van der Waals surface area contributed by atoms with Crippen molar-refractivity contribution >= 4 is 28.4 Å². The number of nitrogens with one attached hydrogen (secondary N) is 2. The van der Waals surface area contributed by atoms with Crippen molar-refractivity contribution in [2.75, 3.05) is 44.0 Å². The number of hydrogen-bond donors (Lipinski definition) is 2. The van der Waals surface area contributed by atoms with Gasteiger partial charge in [-0.2, -0.15) is 4.98 Å². The normalized spacial score (nSPS) is 18.0. The number of pyridine rings is 1. The van der Waals surface area contributed by atoms with Crippen LogP contribution in [-0.4, -0.2) is 79.5 Å². The summed E-state index contributed by atoms with van der Waals surface area (Å²) in [4.78, 5) is 16.7. The molecule has 184 valence electrons. The Balaban J connectivity index is 1.29. The molecule has 0 bridgehead atoms. The summed E-state index contributed by atoms with van der Waals surface area (Å²) in [5, 5.41) is 11.7. The van der Waals surface area contributed by atoms with Gasteiger partial charge in [0, 0.05) is 55.7 Å². The van der Waals surface area contributed by atoms with E-state index >= 15 is 0 Å². The van der Waals surface area contributed by atoms with Gasteiger partial charge in [0.2, 0.25) is 5.95 Å². The van der Waals surface area contributed by atoms with E-state index in [2.05, 4.69) is 56.0 Å². The Hall–Kier alpha value is -3.24. The number of ether oxygens (including phenoxy) is 1. The number of aryl methyl sites for hydroxylation is 1. The molecule has 2 aliphatic rings. The molecule has 0 atom stereocenters. The molecular formula is C25H33N9O. The topological polar surface area (TPSA) is 97.4 Å². The summed E-state index contributed by atoms with van der Waals surface area (Å²) >= 11 is 0. The summed E-state index contributed by atoms with van der Waals surface area (Å²) in [6, 6.07) is 5.54. The number of nitrogens with zero attached hydrogens (tertiary/aromatic N) is 7. The molecule has 2 N–H and O–H groups in total. The smallest absolute Gasteiger partial charge is 0.243 e. The monoisotopic (exact) mass is 475 g/mol. The molecule has 10 heteroatoms. The van der Waals surface area contributed by atoms with Crippen LogP contribution in [0.25, 0.3) is 27.8 Å². The van der Waals surface area contributed by atoms with E-state index in [1.807, 2.05) is 30.9 Å². The van der Waals surface area contributed by atoms with Crippen LogP contribution in [0, 0.1) is 6.92 Å². The minimum atomic E-state index is 0.307. The lowest BCUT2D eigenvalue weighted by atomic mass is 10.0. The van der Waals surface area contributed by atoms with E-state index in [4.69, 9.17) is 14.8 Å². The quantitative estimate of drug-likeness (QED) is 0.438. The number of aromatic nitrogens is 6. The van der Waals surface area contributed by atoms with Crippen LogP contribution in [0.5, 0.6) is 0 Å². The van der Waals surface area contributed by atoms with Gasteiger partial charge < -0.3 is 19.9 Å². The molecule has 10 nitrogen and oxygen atoms in total. The van der Waals surface area contributed by atoms with Gasteiger partial charge in [-0.15, -0.1) is 5.10 Å². The maximum absolute atomic E-state index is 5.35. The highest BCUT2D eigenvalue weighted by Crippen LogP contribution is 2.32. The molecule has 4 aromatic rings. The fourth-order valence-electron chi connectivity index (χ4n) is 5.41. The molecule has 0 aromatic carbocycles. The summed E-state index contributed by atoms with van der Waals surface area (Å²) in [5.74, 6) is 2.42. The zero-order valence-corrected chi connectivity index (χ0v) is 20.8. The van der Waals surface area contributed by atoms with Crippen LogP contribution in [0.3, 0.4) is 0 Å². The number of piperidine rings is 1. The Morgan fingerprint density at radius 1 is 1.14 bits per heavy atom. The van der Waals surface area contributed by atoms with Gasteiger partial charge in [-0.25, -0.2) is 14.5 Å². The maximum Gasteiger partial charge on any atom is 0.243 e. The first-order valence-corrected chi connectivity index (χ1v) is 12.5. The summed E-state index contributed by atoms with van der Waals surface area (Å²) in [7, 11) is 1.90. The SMILES string of the molecule is CNc1nc(NC2CCN(C3COC3)CC2)nn2ccc(-c3cnc4nc(C)n(C(C)C)c4c3)c12. The van der Waals surface area contributed by atoms with E-state index in [0.29, 0.717) is 24.1 Å². The summed E-state index contributed by atoms with van der Waals surface area (Å²) < 4.78 is 9.49. The Bertz CT molecular complexity index is 1360. The first-order chi connectivity index (χ1) is 17.0. The zero-order valence-electron chi connectivity index (χ0n) is 20.8. The van der Waals surface area contributed by atoms with Gasteiger partial charge in [0.1, 0.15) is 11.3 Å². The van der Waals surface area contributed by atoms with E-state index in [9.17, 15) is 0 Å². The number of hydrogen-bond acceptors (Lipinski definition) is 8. The number of likely N-dealkylation sites (tertiary alicyclic amines) is 1. The molecule has 0 radical (unpaired) electrons. The number of anilines is 2. The molecule has 0 spiro atoms. The summed E-state index contributed by atoms with van der Waals surface area (Å²) in [6.07, 6.45) is 6.05. The lowest BCUT2D eigenvalue weighted by Crippen LogP contribution is -2.53. The summed E-state index contributed by atoms with van der Waals surface area (Å²) in [5.41, 5.74) is 4.82. The van der Waals surface area contributed by atoms with Crippen molar-refractivity contribution in [2.45, 2.75) is 51.7 Å². The maximum atomic E-state index is 5.35. The van der Waals surface area contributed by atoms with Gasteiger partial charge in [-0.3, -0.25) is 4.90 Å². The number of rotatable bonds is 6. The zero-order chi connectivity index (χ0) is 24.1. The lowest BCUT2D eigenvalue weighted by Gasteiger charge is -2.41. The molecule has 2 aliphatic heterocycles. The molecule has 0 amide bonds. The van der Waals surface area contributed by atoms with Crippen molar-refractivity contribution in [2.24, 2.45) is 0 Å². The van der Waals surface area contributed by atoms with Crippen LogP contribution in [0.4, 0.5) is 11.8 Å². The molecule has 2 saturated heterocycles. The third-order valence-electron chi connectivity index (χ3n) is 7.30.